The van der Waals surface area contributed by atoms with Crippen LogP contribution in [-0.2, 0) is 0 Å². The normalized spacial score (nSPS) is 29.7. The van der Waals surface area contributed by atoms with Crippen LogP contribution >= 0.6 is 0 Å². The standard InChI is InChI=1S/C11H19N/c1-3-4-9-12-11-8-6-5-7-10(11)2/h1,10-12H,4-9H2,2H3. The van der Waals surface area contributed by atoms with Gasteiger partial charge in [0.15, 0.2) is 0 Å². The van der Waals surface area contributed by atoms with Crippen molar-refractivity contribution in [3.05, 3.63) is 0 Å². The monoisotopic (exact) mass is 165 g/mol. The minimum Gasteiger partial charge on any atom is -0.313 e. The topological polar surface area (TPSA) is 12.0 Å². The molecular weight excluding hydrogens is 146 g/mol. The molecule has 1 nitrogen and oxygen atoms in total. The molecule has 0 heterocycles. The Morgan fingerprint density at radius 3 is 2.83 bits per heavy atom. The van der Waals surface area contributed by atoms with E-state index >= 15 is 0 Å². The predicted molar refractivity (Wildman–Crippen MR) is 52.9 cm³/mol. The third kappa shape index (κ3) is 2.87. The van der Waals surface area contributed by atoms with Gasteiger partial charge in [0.05, 0.1) is 0 Å². The fourth-order valence-corrected chi connectivity index (χ4v) is 1.95. The molecule has 0 spiro atoms. The maximum absolute atomic E-state index is 5.19. The minimum atomic E-state index is 0.729. The van der Waals surface area contributed by atoms with E-state index in [0.717, 1.165) is 24.9 Å². The molecule has 0 saturated heterocycles. The Morgan fingerprint density at radius 2 is 2.17 bits per heavy atom. The van der Waals surface area contributed by atoms with Crippen molar-refractivity contribution in [1.29, 1.82) is 0 Å². The summed E-state index contributed by atoms with van der Waals surface area (Å²) in [6, 6.07) is 0.729. The van der Waals surface area contributed by atoms with Gasteiger partial charge in [0.1, 0.15) is 0 Å². The fraction of sp³-hybridized carbons (Fsp3) is 0.818. The molecule has 0 bridgehead atoms. The van der Waals surface area contributed by atoms with E-state index in [4.69, 9.17) is 6.42 Å². The van der Waals surface area contributed by atoms with Crippen LogP contribution in [0.5, 0.6) is 0 Å². The summed E-state index contributed by atoms with van der Waals surface area (Å²) in [4.78, 5) is 0. The highest BCUT2D eigenvalue weighted by molar-refractivity contribution is 4.86. The van der Waals surface area contributed by atoms with E-state index in [1.807, 2.05) is 0 Å². The summed E-state index contributed by atoms with van der Waals surface area (Å²) in [5.74, 6) is 3.50. The molecule has 0 aromatic heterocycles. The van der Waals surface area contributed by atoms with Crippen LogP contribution in [0.1, 0.15) is 39.0 Å². The zero-order valence-corrected chi connectivity index (χ0v) is 7.97. The lowest BCUT2D eigenvalue weighted by Gasteiger charge is -2.29. The molecule has 1 aliphatic rings. The SMILES string of the molecule is C#CCCNC1CCCCC1C. The third-order valence-corrected chi connectivity index (χ3v) is 2.79. The zero-order chi connectivity index (χ0) is 8.81. The Bertz CT molecular complexity index is 157. The van der Waals surface area contributed by atoms with Gasteiger partial charge in [-0.1, -0.05) is 19.8 Å². The van der Waals surface area contributed by atoms with Crippen LogP contribution in [0.25, 0.3) is 0 Å². The molecule has 2 atom stereocenters. The predicted octanol–water partition coefficient (Wildman–Crippen LogP) is 2.18. The number of nitrogens with one attached hydrogen (secondary N) is 1. The average Bonchev–Trinajstić information content (AvgIpc) is 2.09. The fourth-order valence-electron chi connectivity index (χ4n) is 1.95. The van der Waals surface area contributed by atoms with E-state index in [0.29, 0.717) is 0 Å². The van der Waals surface area contributed by atoms with Crippen molar-refractivity contribution in [2.24, 2.45) is 5.92 Å². The van der Waals surface area contributed by atoms with Gasteiger partial charge < -0.3 is 5.32 Å². The Morgan fingerprint density at radius 1 is 1.42 bits per heavy atom. The molecule has 1 rings (SSSR count). The van der Waals surface area contributed by atoms with E-state index in [2.05, 4.69) is 18.2 Å². The molecule has 68 valence electrons. The summed E-state index contributed by atoms with van der Waals surface area (Å²) in [6.45, 7) is 3.33. The lowest BCUT2D eigenvalue weighted by atomic mass is 9.86. The second-order valence-electron chi connectivity index (χ2n) is 3.78. The lowest BCUT2D eigenvalue weighted by molar-refractivity contribution is 0.283. The molecule has 12 heavy (non-hydrogen) atoms. The van der Waals surface area contributed by atoms with Gasteiger partial charge >= 0.3 is 0 Å². The molecule has 0 aromatic carbocycles. The first-order valence-corrected chi connectivity index (χ1v) is 5.01. The highest BCUT2D eigenvalue weighted by Gasteiger charge is 2.19. The second kappa shape index (κ2) is 5.22. The molecule has 1 aliphatic carbocycles. The van der Waals surface area contributed by atoms with Crippen LogP contribution in [-0.4, -0.2) is 12.6 Å². The van der Waals surface area contributed by atoms with E-state index in [1.165, 1.54) is 25.7 Å². The Labute approximate surface area is 75.9 Å². The van der Waals surface area contributed by atoms with Crippen molar-refractivity contribution < 1.29 is 0 Å². The van der Waals surface area contributed by atoms with Crippen molar-refractivity contribution in [2.45, 2.75) is 45.1 Å². The van der Waals surface area contributed by atoms with Crippen LogP contribution in [0.15, 0.2) is 0 Å². The highest BCUT2D eigenvalue weighted by atomic mass is 14.9. The summed E-state index contributed by atoms with van der Waals surface area (Å²) in [7, 11) is 0. The number of rotatable bonds is 3. The molecule has 1 fully saturated rings. The maximum Gasteiger partial charge on any atom is 0.0212 e. The smallest absolute Gasteiger partial charge is 0.0212 e. The third-order valence-electron chi connectivity index (χ3n) is 2.79. The number of hydrogen-bond acceptors (Lipinski definition) is 1. The first kappa shape index (κ1) is 9.61. The molecule has 0 radical (unpaired) electrons. The number of hydrogen-bond donors (Lipinski definition) is 1. The van der Waals surface area contributed by atoms with Crippen molar-refractivity contribution in [2.75, 3.05) is 6.54 Å². The van der Waals surface area contributed by atoms with Gasteiger partial charge in [0.2, 0.25) is 0 Å². The molecule has 0 aromatic rings. The Kier molecular flexibility index (Phi) is 4.18. The van der Waals surface area contributed by atoms with Crippen LogP contribution in [0.3, 0.4) is 0 Å². The zero-order valence-electron chi connectivity index (χ0n) is 7.97. The van der Waals surface area contributed by atoms with Crippen LogP contribution in [0, 0.1) is 18.3 Å². The quantitative estimate of drug-likeness (QED) is 0.499. The first-order valence-electron chi connectivity index (χ1n) is 5.01. The molecule has 2 unspecified atom stereocenters. The van der Waals surface area contributed by atoms with Gasteiger partial charge in [-0.25, -0.2) is 0 Å². The maximum atomic E-state index is 5.19. The number of terminal acetylenes is 1. The van der Waals surface area contributed by atoms with Crippen molar-refractivity contribution in [1.82, 2.24) is 5.32 Å². The van der Waals surface area contributed by atoms with Crippen molar-refractivity contribution >= 4 is 0 Å². The van der Waals surface area contributed by atoms with Crippen LogP contribution in [0.4, 0.5) is 0 Å². The molecule has 0 amide bonds. The summed E-state index contributed by atoms with van der Waals surface area (Å²) in [5, 5.41) is 3.53. The van der Waals surface area contributed by atoms with Gasteiger partial charge in [-0.3, -0.25) is 0 Å². The molecule has 1 N–H and O–H groups in total. The Hall–Kier alpha value is -0.480. The van der Waals surface area contributed by atoms with Gasteiger partial charge in [0.25, 0.3) is 0 Å². The van der Waals surface area contributed by atoms with Gasteiger partial charge in [-0.05, 0) is 18.8 Å². The Balaban J connectivity index is 2.16. The van der Waals surface area contributed by atoms with Crippen LogP contribution in [0.2, 0.25) is 0 Å². The largest absolute Gasteiger partial charge is 0.313 e. The molecule has 0 aliphatic heterocycles. The van der Waals surface area contributed by atoms with Crippen molar-refractivity contribution in [3.63, 3.8) is 0 Å². The van der Waals surface area contributed by atoms with Gasteiger partial charge in [0, 0.05) is 19.0 Å². The summed E-state index contributed by atoms with van der Waals surface area (Å²) in [5.41, 5.74) is 0. The summed E-state index contributed by atoms with van der Waals surface area (Å²) >= 11 is 0. The molecule has 1 heteroatoms. The van der Waals surface area contributed by atoms with E-state index in [-0.39, 0.29) is 0 Å². The second-order valence-corrected chi connectivity index (χ2v) is 3.78. The van der Waals surface area contributed by atoms with Crippen molar-refractivity contribution in [3.8, 4) is 12.3 Å². The lowest BCUT2D eigenvalue weighted by Crippen LogP contribution is -2.37. The summed E-state index contributed by atoms with van der Waals surface area (Å²) in [6.07, 6.45) is 11.6. The van der Waals surface area contributed by atoms with E-state index < -0.39 is 0 Å². The van der Waals surface area contributed by atoms with Gasteiger partial charge in [-0.2, -0.15) is 0 Å². The summed E-state index contributed by atoms with van der Waals surface area (Å²) < 4.78 is 0. The average molecular weight is 165 g/mol. The molecular formula is C11H19N. The minimum absolute atomic E-state index is 0.729. The first-order chi connectivity index (χ1) is 5.84. The molecule has 1 saturated carbocycles. The highest BCUT2D eigenvalue weighted by Crippen LogP contribution is 2.23. The van der Waals surface area contributed by atoms with Crippen LogP contribution < -0.4 is 5.32 Å². The van der Waals surface area contributed by atoms with E-state index in [9.17, 15) is 0 Å². The van der Waals surface area contributed by atoms with E-state index in [1.54, 1.807) is 0 Å². The van der Waals surface area contributed by atoms with Gasteiger partial charge in [-0.15, -0.1) is 12.3 Å².